The average molecular weight is 418 g/mol. The lowest BCUT2D eigenvalue weighted by molar-refractivity contribution is -0.131. The van der Waals surface area contributed by atoms with Gasteiger partial charge in [0.25, 0.3) is 0 Å². The number of anilines is 1. The first-order valence-corrected chi connectivity index (χ1v) is 11.3. The van der Waals surface area contributed by atoms with Gasteiger partial charge in [-0.05, 0) is 31.2 Å². The van der Waals surface area contributed by atoms with Gasteiger partial charge in [-0.15, -0.1) is 0 Å². The zero-order valence-corrected chi connectivity index (χ0v) is 17.4. The number of ether oxygens (including phenoxy) is 1. The monoisotopic (exact) mass is 417 g/mol. The molecule has 0 radical (unpaired) electrons. The van der Waals surface area contributed by atoms with Gasteiger partial charge in [0.15, 0.2) is 0 Å². The maximum Gasteiger partial charge on any atom is 0.240 e. The highest BCUT2D eigenvalue weighted by atomic mass is 32.2. The van der Waals surface area contributed by atoms with Crippen LogP contribution < -0.4 is 14.4 Å². The van der Waals surface area contributed by atoms with Gasteiger partial charge in [0.1, 0.15) is 5.75 Å². The van der Waals surface area contributed by atoms with E-state index in [1.54, 1.807) is 23.1 Å². The quantitative estimate of drug-likeness (QED) is 0.712. The van der Waals surface area contributed by atoms with Crippen LogP contribution in [0.1, 0.15) is 13.3 Å². The summed E-state index contributed by atoms with van der Waals surface area (Å²) in [5.74, 6) is 0.809. The molecule has 0 unspecified atom stereocenters. The van der Waals surface area contributed by atoms with Crippen LogP contribution in [0.5, 0.6) is 5.75 Å². The molecule has 0 aliphatic carbocycles. The first kappa shape index (κ1) is 21.1. The Labute approximate surface area is 172 Å². The van der Waals surface area contributed by atoms with Gasteiger partial charge in [0.05, 0.1) is 17.2 Å². The number of hydrogen-bond acceptors (Lipinski definition) is 5. The molecule has 0 aromatic heterocycles. The maximum atomic E-state index is 12.5. The molecule has 0 saturated carbocycles. The van der Waals surface area contributed by atoms with E-state index < -0.39 is 10.0 Å². The number of piperazine rings is 1. The Balaban J connectivity index is 1.48. The molecule has 1 aliphatic rings. The van der Waals surface area contributed by atoms with E-state index >= 15 is 0 Å². The topological polar surface area (TPSA) is 79.0 Å². The number of amides is 1. The van der Waals surface area contributed by atoms with Crippen LogP contribution in [0, 0.1) is 0 Å². The number of carbonyl (C=O) groups excluding carboxylic acids is 1. The lowest BCUT2D eigenvalue weighted by atomic mass is 10.2. The Bertz CT molecular complexity index is 911. The summed E-state index contributed by atoms with van der Waals surface area (Å²) in [6, 6.07) is 16.1. The summed E-state index contributed by atoms with van der Waals surface area (Å²) in [6.07, 6.45) is 0.140. The van der Waals surface area contributed by atoms with Crippen molar-refractivity contribution < 1.29 is 17.9 Å². The standard InChI is InChI=1S/C21H27N3O4S/c1-2-28-20-11-7-6-10-19(20)23-14-16-24(17-15-23)21(25)12-13-22-29(26,27)18-8-4-3-5-9-18/h3-11,22H,2,12-17H2,1H3. The molecule has 8 heteroatoms. The number of benzene rings is 2. The van der Waals surface area contributed by atoms with Crippen LogP contribution in [0.15, 0.2) is 59.5 Å². The number of carbonyl (C=O) groups is 1. The first-order valence-electron chi connectivity index (χ1n) is 9.80. The number of para-hydroxylation sites is 2. The van der Waals surface area contributed by atoms with Crippen molar-refractivity contribution in [2.75, 3.05) is 44.2 Å². The zero-order valence-electron chi connectivity index (χ0n) is 16.6. The molecule has 0 bridgehead atoms. The van der Waals surface area contributed by atoms with Gasteiger partial charge in [-0.25, -0.2) is 13.1 Å². The van der Waals surface area contributed by atoms with Gasteiger partial charge in [-0.1, -0.05) is 30.3 Å². The summed E-state index contributed by atoms with van der Waals surface area (Å²) >= 11 is 0. The number of nitrogens with one attached hydrogen (secondary N) is 1. The van der Waals surface area contributed by atoms with Crippen LogP contribution in [0.25, 0.3) is 0 Å². The summed E-state index contributed by atoms with van der Waals surface area (Å²) in [7, 11) is -3.58. The largest absolute Gasteiger partial charge is 0.492 e. The summed E-state index contributed by atoms with van der Waals surface area (Å²) < 4.78 is 32.6. The van der Waals surface area contributed by atoms with Crippen molar-refractivity contribution in [2.24, 2.45) is 0 Å². The maximum absolute atomic E-state index is 12.5. The highest BCUT2D eigenvalue weighted by molar-refractivity contribution is 7.89. The normalized spacial score (nSPS) is 14.7. The van der Waals surface area contributed by atoms with Crippen LogP contribution in [0.2, 0.25) is 0 Å². The van der Waals surface area contributed by atoms with E-state index in [9.17, 15) is 13.2 Å². The highest BCUT2D eigenvalue weighted by Gasteiger charge is 2.23. The second kappa shape index (κ2) is 9.76. The van der Waals surface area contributed by atoms with Gasteiger partial charge in [0.2, 0.25) is 15.9 Å². The highest BCUT2D eigenvalue weighted by Crippen LogP contribution is 2.28. The van der Waals surface area contributed by atoms with Crippen molar-refractivity contribution >= 4 is 21.6 Å². The SMILES string of the molecule is CCOc1ccccc1N1CCN(C(=O)CCNS(=O)(=O)c2ccccc2)CC1. The number of sulfonamides is 1. The van der Waals surface area contributed by atoms with E-state index in [1.807, 2.05) is 31.2 Å². The minimum Gasteiger partial charge on any atom is -0.492 e. The van der Waals surface area contributed by atoms with E-state index in [0.29, 0.717) is 32.8 Å². The van der Waals surface area contributed by atoms with Crippen molar-refractivity contribution in [3.05, 3.63) is 54.6 Å². The Morgan fingerprint density at radius 1 is 1.00 bits per heavy atom. The summed E-state index contributed by atoms with van der Waals surface area (Å²) in [5, 5.41) is 0. The molecule has 156 valence electrons. The van der Waals surface area contributed by atoms with Crippen molar-refractivity contribution in [2.45, 2.75) is 18.2 Å². The number of rotatable bonds is 8. The van der Waals surface area contributed by atoms with Gasteiger partial charge in [-0.3, -0.25) is 4.79 Å². The van der Waals surface area contributed by atoms with Crippen molar-refractivity contribution in [3.63, 3.8) is 0 Å². The molecule has 1 N–H and O–H groups in total. The minimum absolute atomic E-state index is 0.0431. The van der Waals surface area contributed by atoms with E-state index in [1.165, 1.54) is 12.1 Å². The molecular formula is C21H27N3O4S. The molecule has 1 amide bonds. The molecule has 7 nitrogen and oxygen atoms in total. The Morgan fingerprint density at radius 3 is 2.34 bits per heavy atom. The van der Waals surface area contributed by atoms with Crippen molar-refractivity contribution in [3.8, 4) is 5.75 Å². The molecular weight excluding hydrogens is 390 g/mol. The van der Waals surface area contributed by atoms with Gasteiger partial charge >= 0.3 is 0 Å². The predicted molar refractivity (Wildman–Crippen MR) is 113 cm³/mol. The van der Waals surface area contributed by atoms with Crippen molar-refractivity contribution in [1.29, 1.82) is 0 Å². The molecule has 1 aliphatic heterocycles. The van der Waals surface area contributed by atoms with E-state index in [4.69, 9.17) is 4.74 Å². The molecule has 2 aromatic carbocycles. The molecule has 1 fully saturated rings. The summed E-state index contributed by atoms with van der Waals surface area (Å²) in [5.41, 5.74) is 1.04. The third kappa shape index (κ3) is 5.48. The third-order valence-electron chi connectivity index (χ3n) is 4.82. The van der Waals surface area contributed by atoms with Crippen molar-refractivity contribution in [1.82, 2.24) is 9.62 Å². The predicted octanol–water partition coefficient (Wildman–Crippen LogP) is 2.10. The molecule has 1 saturated heterocycles. The minimum atomic E-state index is -3.58. The number of nitrogens with zero attached hydrogens (tertiary/aromatic N) is 2. The lowest BCUT2D eigenvalue weighted by Gasteiger charge is -2.36. The van der Waals surface area contributed by atoms with Crippen LogP contribution in [0.3, 0.4) is 0 Å². The fourth-order valence-corrected chi connectivity index (χ4v) is 4.38. The van der Waals surface area contributed by atoms with Gasteiger partial charge < -0.3 is 14.5 Å². The fourth-order valence-electron chi connectivity index (χ4n) is 3.33. The molecule has 3 rings (SSSR count). The lowest BCUT2D eigenvalue weighted by Crippen LogP contribution is -2.49. The Kier molecular flexibility index (Phi) is 7.11. The first-order chi connectivity index (χ1) is 14.0. The second-order valence-corrected chi connectivity index (χ2v) is 8.50. The van der Waals surface area contributed by atoms with E-state index in [-0.39, 0.29) is 23.8 Å². The zero-order chi connectivity index (χ0) is 20.7. The summed E-state index contributed by atoms with van der Waals surface area (Å²) in [6.45, 7) is 5.28. The fraction of sp³-hybridized carbons (Fsp3) is 0.381. The van der Waals surface area contributed by atoms with Crippen LogP contribution in [-0.4, -0.2) is 58.6 Å². The Hall–Kier alpha value is -2.58. The van der Waals surface area contributed by atoms with E-state index in [2.05, 4.69) is 9.62 Å². The molecule has 1 heterocycles. The molecule has 29 heavy (non-hydrogen) atoms. The van der Waals surface area contributed by atoms with Crippen LogP contribution >= 0.6 is 0 Å². The van der Waals surface area contributed by atoms with E-state index in [0.717, 1.165) is 11.4 Å². The molecule has 0 atom stereocenters. The Morgan fingerprint density at radius 2 is 1.66 bits per heavy atom. The van der Waals surface area contributed by atoms with Crippen LogP contribution in [-0.2, 0) is 14.8 Å². The number of hydrogen-bond donors (Lipinski definition) is 1. The second-order valence-electron chi connectivity index (χ2n) is 6.73. The smallest absolute Gasteiger partial charge is 0.240 e. The summed E-state index contributed by atoms with van der Waals surface area (Å²) in [4.78, 5) is 16.7. The van der Waals surface area contributed by atoms with Crippen LogP contribution in [0.4, 0.5) is 5.69 Å². The third-order valence-corrected chi connectivity index (χ3v) is 6.30. The van der Waals surface area contributed by atoms with Gasteiger partial charge in [-0.2, -0.15) is 0 Å². The molecule has 2 aromatic rings. The molecule has 0 spiro atoms. The average Bonchev–Trinajstić information content (AvgIpc) is 2.75. The van der Waals surface area contributed by atoms with Gasteiger partial charge in [0, 0.05) is 39.1 Å².